The molecule has 1 rings (SSSR count). The first-order valence-corrected chi connectivity index (χ1v) is 4.21. The van der Waals surface area contributed by atoms with E-state index in [1.165, 1.54) is 13.2 Å². The molecule has 1 N–H and O–H groups in total. The lowest BCUT2D eigenvalue weighted by molar-refractivity contribution is -0.131. The number of hydrogen-bond donors (Lipinski definition) is 1. The van der Waals surface area contributed by atoms with Crippen molar-refractivity contribution in [3.63, 3.8) is 0 Å². The highest BCUT2D eigenvalue weighted by Crippen LogP contribution is 2.09. The fraction of sp³-hybridized carbons (Fsp3) is 0.200. The lowest BCUT2D eigenvalue weighted by Gasteiger charge is -2.02. The van der Waals surface area contributed by atoms with Crippen molar-refractivity contribution in [2.45, 2.75) is 0 Å². The van der Waals surface area contributed by atoms with Gasteiger partial charge in [-0.05, 0) is 18.2 Å². The van der Waals surface area contributed by atoms with Crippen LogP contribution in [0.4, 0.5) is 0 Å². The minimum atomic E-state index is -1.03. The number of aliphatic carboxylic acids is 1. The minimum Gasteiger partial charge on any atom is -0.478 e. The van der Waals surface area contributed by atoms with Crippen LogP contribution in [0.2, 0.25) is 0 Å². The Labute approximate surface area is 86.6 Å². The molecule has 0 spiro atoms. The zero-order chi connectivity index (χ0) is 11.4. The smallest absolute Gasteiger partial charge is 0.354 e. The number of carboxylic acids is 1. The van der Waals surface area contributed by atoms with E-state index in [1.54, 1.807) is 23.7 Å². The number of hydrogen-bond acceptors (Lipinski definition) is 3. The molecule has 0 saturated carbocycles. The Hall–Kier alpha value is -2.04. The van der Waals surface area contributed by atoms with Gasteiger partial charge < -0.3 is 14.4 Å². The summed E-state index contributed by atoms with van der Waals surface area (Å²) in [5, 5.41) is 8.44. The maximum atomic E-state index is 11.2. The molecule has 5 nitrogen and oxygen atoms in total. The van der Waals surface area contributed by atoms with Gasteiger partial charge in [0.15, 0.2) is 0 Å². The van der Waals surface area contributed by atoms with Crippen LogP contribution < -0.4 is 0 Å². The second-order valence-corrected chi connectivity index (χ2v) is 2.87. The molecule has 0 bridgehead atoms. The standard InChI is InChI=1S/C10H11NO4/c1-11-7(4-6-9(12)13)3-5-8(11)10(14)15-2/h3-6H,1-2H3,(H,12,13)/b6-4+. The van der Waals surface area contributed by atoms with Crippen LogP contribution in [-0.4, -0.2) is 28.7 Å². The van der Waals surface area contributed by atoms with Gasteiger partial charge in [-0.3, -0.25) is 0 Å². The van der Waals surface area contributed by atoms with Crippen LogP contribution in [0.1, 0.15) is 16.2 Å². The van der Waals surface area contributed by atoms with Crippen LogP contribution in [0.25, 0.3) is 6.08 Å². The Bertz CT molecular complexity index is 417. The predicted octanol–water partition coefficient (Wildman–Crippen LogP) is 0.909. The summed E-state index contributed by atoms with van der Waals surface area (Å²) >= 11 is 0. The van der Waals surface area contributed by atoms with Crippen molar-refractivity contribution in [3.05, 3.63) is 29.6 Å². The van der Waals surface area contributed by atoms with E-state index in [4.69, 9.17) is 5.11 Å². The van der Waals surface area contributed by atoms with E-state index in [-0.39, 0.29) is 0 Å². The molecule has 1 aromatic rings. The minimum absolute atomic E-state index is 0.377. The molecule has 0 aromatic carbocycles. The SMILES string of the molecule is COC(=O)c1ccc(/C=C/C(=O)O)n1C. The van der Waals surface area contributed by atoms with Crippen molar-refractivity contribution in [2.24, 2.45) is 7.05 Å². The lowest BCUT2D eigenvalue weighted by atomic mass is 10.4. The lowest BCUT2D eigenvalue weighted by Crippen LogP contribution is -2.08. The molecular weight excluding hydrogens is 198 g/mol. The first kappa shape index (κ1) is 11.0. The molecule has 15 heavy (non-hydrogen) atoms. The Balaban J connectivity index is 2.99. The van der Waals surface area contributed by atoms with E-state index in [1.807, 2.05) is 0 Å². The summed E-state index contributed by atoms with van der Waals surface area (Å²) in [7, 11) is 2.95. The Morgan fingerprint density at radius 1 is 1.47 bits per heavy atom. The summed E-state index contributed by atoms with van der Waals surface area (Å²) in [6.45, 7) is 0. The molecule has 0 aliphatic heterocycles. The van der Waals surface area contributed by atoms with Crippen LogP contribution >= 0.6 is 0 Å². The molecule has 0 amide bonds. The number of ether oxygens (including phenoxy) is 1. The summed E-state index contributed by atoms with van der Waals surface area (Å²) in [6.07, 6.45) is 2.42. The van der Waals surface area contributed by atoms with Gasteiger partial charge in [0.1, 0.15) is 5.69 Å². The molecule has 0 saturated heterocycles. The highest BCUT2D eigenvalue weighted by atomic mass is 16.5. The average Bonchev–Trinajstić information content (AvgIpc) is 2.56. The molecule has 0 radical (unpaired) electrons. The molecule has 1 heterocycles. The largest absolute Gasteiger partial charge is 0.478 e. The molecule has 0 aliphatic rings. The first-order chi connectivity index (χ1) is 7.06. The van der Waals surface area contributed by atoms with Crippen molar-refractivity contribution < 1.29 is 19.4 Å². The zero-order valence-corrected chi connectivity index (χ0v) is 8.43. The maximum Gasteiger partial charge on any atom is 0.354 e. The normalized spacial score (nSPS) is 10.5. The van der Waals surface area contributed by atoms with Crippen molar-refractivity contribution >= 4 is 18.0 Å². The number of aromatic nitrogens is 1. The average molecular weight is 209 g/mol. The van der Waals surface area contributed by atoms with E-state index in [9.17, 15) is 9.59 Å². The van der Waals surface area contributed by atoms with Gasteiger partial charge in [0, 0.05) is 18.8 Å². The van der Waals surface area contributed by atoms with Crippen LogP contribution in [0.15, 0.2) is 18.2 Å². The van der Waals surface area contributed by atoms with Gasteiger partial charge >= 0.3 is 11.9 Å². The number of nitrogens with zero attached hydrogens (tertiary/aromatic N) is 1. The molecule has 5 heteroatoms. The summed E-state index contributed by atoms with van der Waals surface area (Å²) in [4.78, 5) is 21.5. The zero-order valence-electron chi connectivity index (χ0n) is 8.43. The van der Waals surface area contributed by atoms with E-state index in [2.05, 4.69) is 4.74 Å². The Morgan fingerprint density at radius 2 is 2.13 bits per heavy atom. The number of carbonyl (C=O) groups is 2. The molecule has 0 atom stereocenters. The van der Waals surface area contributed by atoms with Crippen LogP contribution in [0.3, 0.4) is 0 Å². The van der Waals surface area contributed by atoms with Crippen LogP contribution in [0.5, 0.6) is 0 Å². The maximum absolute atomic E-state index is 11.2. The van der Waals surface area contributed by atoms with Gasteiger partial charge in [-0.2, -0.15) is 0 Å². The summed E-state index contributed by atoms with van der Waals surface area (Å²) in [5.41, 5.74) is 1.00. The van der Waals surface area contributed by atoms with Crippen molar-refractivity contribution in [1.82, 2.24) is 4.57 Å². The molecule has 0 unspecified atom stereocenters. The highest BCUT2D eigenvalue weighted by molar-refractivity contribution is 5.89. The molecular formula is C10H11NO4. The third-order valence-electron chi connectivity index (χ3n) is 1.95. The van der Waals surface area contributed by atoms with Gasteiger partial charge in [0.25, 0.3) is 0 Å². The molecule has 0 fully saturated rings. The fourth-order valence-electron chi connectivity index (χ4n) is 1.16. The molecule has 0 aliphatic carbocycles. The Kier molecular flexibility index (Phi) is 3.28. The first-order valence-electron chi connectivity index (χ1n) is 4.21. The van der Waals surface area contributed by atoms with Crippen molar-refractivity contribution in [3.8, 4) is 0 Å². The quantitative estimate of drug-likeness (QED) is 0.593. The second kappa shape index (κ2) is 4.45. The van der Waals surface area contributed by atoms with Gasteiger partial charge in [-0.25, -0.2) is 9.59 Å². The topological polar surface area (TPSA) is 68.5 Å². The fourth-order valence-corrected chi connectivity index (χ4v) is 1.16. The third kappa shape index (κ3) is 2.46. The predicted molar refractivity (Wildman–Crippen MR) is 53.4 cm³/mol. The van der Waals surface area contributed by atoms with Crippen LogP contribution in [-0.2, 0) is 16.6 Å². The van der Waals surface area contributed by atoms with E-state index < -0.39 is 11.9 Å². The second-order valence-electron chi connectivity index (χ2n) is 2.87. The van der Waals surface area contributed by atoms with Gasteiger partial charge in [0.2, 0.25) is 0 Å². The monoisotopic (exact) mass is 209 g/mol. The van der Waals surface area contributed by atoms with E-state index in [0.717, 1.165) is 6.08 Å². The third-order valence-corrected chi connectivity index (χ3v) is 1.95. The number of methoxy groups -OCH3 is 1. The number of rotatable bonds is 3. The van der Waals surface area contributed by atoms with Crippen molar-refractivity contribution in [2.75, 3.05) is 7.11 Å². The van der Waals surface area contributed by atoms with Gasteiger partial charge in [0.05, 0.1) is 7.11 Å². The number of carbonyl (C=O) groups excluding carboxylic acids is 1. The van der Waals surface area contributed by atoms with E-state index >= 15 is 0 Å². The number of carboxylic acid groups (broad SMARTS) is 1. The molecule has 80 valence electrons. The highest BCUT2D eigenvalue weighted by Gasteiger charge is 2.10. The summed E-state index contributed by atoms with van der Waals surface area (Å²) in [6, 6.07) is 3.22. The van der Waals surface area contributed by atoms with E-state index in [0.29, 0.717) is 11.4 Å². The van der Waals surface area contributed by atoms with Gasteiger partial charge in [-0.1, -0.05) is 0 Å². The summed E-state index contributed by atoms with van der Waals surface area (Å²) < 4.78 is 6.12. The Morgan fingerprint density at radius 3 is 2.67 bits per heavy atom. The van der Waals surface area contributed by atoms with Gasteiger partial charge in [-0.15, -0.1) is 0 Å². The summed E-state index contributed by atoms with van der Waals surface area (Å²) in [5.74, 6) is -1.48. The van der Waals surface area contributed by atoms with Crippen molar-refractivity contribution in [1.29, 1.82) is 0 Å². The molecule has 1 aromatic heterocycles. The number of esters is 1. The van der Waals surface area contributed by atoms with Crippen LogP contribution in [0, 0.1) is 0 Å².